The van der Waals surface area contributed by atoms with Gasteiger partial charge in [-0.3, -0.25) is 43.2 Å². The molecular weight excluding hydrogens is 1940 g/mol. The van der Waals surface area contributed by atoms with E-state index in [1.807, 2.05) is 112 Å². The van der Waals surface area contributed by atoms with E-state index in [-0.39, 0.29) is 158 Å². The van der Waals surface area contributed by atoms with E-state index in [1.165, 1.54) is 35.3 Å². The second kappa shape index (κ2) is 76.7. The molecule has 138 heavy (non-hydrogen) atoms. The van der Waals surface area contributed by atoms with Gasteiger partial charge in [0.2, 0.25) is 0 Å². The summed E-state index contributed by atoms with van der Waals surface area (Å²) in [7, 11) is 3.26. The van der Waals surface area contributed by atoms with Crippen LogP contribution >= 0.6 is 97.6 Å². The van der Waals surface area contributed by atoms with Crippen molar-refractivity contribution in [2.45, 2.75) is 97.3 Å². The zero-order valence-corrected chi connectivity index (χ0v) is 86.8. The normalized spacial score (nSPS) is 11.0. The number of esters is 10. The van der Waals surface area contributed by atoms with Gasteiger partial charge in [0.15, 0.2) is 0 Å². The van der Waals surface area contributed by atoms with Crippen LogP contribution in [0.4, 0.5) is 0 Å². The van der Waals surface area contributed by atoms with E-state index in [1.54, 1.807) is 98.8 Å². The predicted molar refractivity (Wildman–Crippen MR) is 550 cm³/mol. The summed E-state index contributed by atoms with van der Waals surface area (Å²) in [5.41, 5.74) is 2.94. The van der Waals surface area contributed by atoms with Crippen molar-refractivity contribution in [2.24, 2.45) is 16.7 Å². The quantitative estimate of drug-likeness (QED) is 0.00688. The highest BCUT2D eigenvalue weighted by molar-refractivity contribution is 7.99. The Labute approximate surface area is 849 Å². The molecule has 0 aliphatic rings. The van der Waals surface area contributed by atoms with Gasteiger partial charge in [0.25, 0.3) is 0 Å². The Kier molecular flexibility index (Phi) is 68.4. The molecule has 0 radical (unpaired) electrons. The first-order chi connectivity index (χ1) is 66.7. The number of benzene rings is 6. The molecular formula is C100H134O30S8. The molecule has 1 unspecified atom stereocenters. The van der Waals surface area contributed by atoms with Crippen LogP contribution in [0.15, 0.2) is 158 Å². The smallest absolute Gasteiger partial charge is 0.343 e. The van der Waals surface area contributed by atoms with Crippen LogP contribution in [0.2, 0.25) is 0 Å². The maximum absolute atomic E-state index is 12.5. The number of methoxy groups -OCH3 is 2. The minimum atomic E-state index is -1.03. The van der Waals surface area contributed by atoms with Crippen LogP contribution in [0.1, 0.15) is 118 Å². The number of hydrogen-bond donors (Lipinski definition) is 4. The molecule has 0 aliphatic heterocycles. The second-order valence-electron chi connectivity index (χ2n) is 30.2. The number of carbonyl (C=O) groups excluding carboxylic acids is 12. The zero-order valence-electron chi connectivity index (χ0n) is 80.0. The largest absolute Gasteiger partial charge is 0.497 e. The van der Waals surface area contributed by atoms with E-state index in [0.717, 1.165) is 52.0 Å². The second-order valence-corrected chi connectivity index (χ2v) is 36.0. The molecule has 0 bridgehead atoms. The molecule has 0 saturated heterocycles. The van der Waals surface area contributed by atoms with E-state index in [2.05, 4.69) is 57.1 Å². The van der Waals surface area contributed by atoms with E-state index in [0.29, 0.717) is 153 Å². The summed E-state index contributed by atoms with van der Waals surface area (Å²) in [5.74, 6) is 3.58. The lowest BCUT2D eigenvalue weighted by Gasteiger charge is -2.32. The van der Waals surface area contributed by atoms with Gasteiger partial charge in [0.05, 0.1) is 133 Å². The molecule has 6 rings (SSSR count). The number of Topliss-reactive ketones (excluding diaryl/α,β-unsaturated/α-hetero) is 2. The van der Waals surface area contributed by atoms with Crippen molar-refractivity contribution >= 4 is 169 Å². The summed E-state index contributed by atoms with van der Waals surface area (Å²) in [4.78, 5) is 144. The van der Waals surface area contributed by atoms with Gasteiger partial charge in [0, 0.05) is 66.3 Å². The van der Waals surface area contributed by atoms with Gasteiger partial charge in [-0.2, -0.15) is 97.6 Å². The minimum Gasteiger partial charge on any atom is -0.497 e. The monoisotopic (exact) mass is 2070 g/mol. The molecule has 0 fully saturated rings. The average Bonchev–Trinajstić information content (AvgIpc) is 0.850. The molecule has 30 nitrogen and oxygen atoms in total. The Balaban J connectivity index is 0.000000477. The van der Waals surface area contributed by atoms with Gasteiger partial charge in [-0.25, -0.2) is 14.4 Å². The first-order valence-electron chi connectivity index (χ1n) is 44.8. The van der Waals surface area contributed by atoms with Crippen LogP contribution < -0.4 is 28.4 Å². The van der Waals surface area contributed by atoms with Crippen molar-refractivity contribution in [1.29, 1.82) is 0 Å². The summed E-state index contributed by atoms with van der Waals surface area (Å²) in [5, 5.41) is 0. The van der Waals surface area contributed by atoms with E-state index in [4.69, 9.17) is 85.3 Å². The highest BCUT2D eigenvalue weighted by Crippen LogP contribution is 2.32. The first kappa shape index (κ1) is 123. The molecule has 0 aromatic heterocycles. The SMILES string of the molecule is C=CC(=O)OCCOCCOCCOc1ccc(C(=O)Oc2ccc(-c3ccc(OC)cc3)cc2)cc1.CCC(C)C(=O)OCCOCCOCCOc1ccc(C(=O)Oc2ccc(-c3ccc(OC)cc3)cc2)cc1.CSCCC(=O)CCC(COC(=O)CCSC)(COC(=O)CCSC)COC(=O)CCSC.O=C(CCS)CCC(COC(=O)CCS)(COC(=O)CCS)COC(=O)CCS. The lowest BCUT2D eigenvalue weighted by atomic mass is 9.84. The van der Waals surface area contributed by atoms with Crippen LogP contribution in [0.25, 0.3) is 22.3 Å². The third kappa shape index (κ3) is 56.4. The standard InChI is InChI=1S/C31H36O8.C29H30O8.C22H38O7S4.C18H30O7S4/c1-4-23(2)30(32)38-22-20-36-18-17-35-19-21-37-28-13-9-26(10-14-28)31(33)39-29-15-7-25(8-16-29)24-5-11-27(34-3)12-6-24;1-3-28(30)36-21-19-34-17-16-33-18-20-35-26-12-8-24(9-13-26)29(31)37-27-14-6-23(7-15-27)22-4-10-25(32-2)11-5-22;1-30-11-6-18(23)5-10-22(15-27-19(24)7-12-31-2,16-28-20(25)8-13-32-3)17-29-21(26)9-14-33-4;19-14(2-7-26)1-6-18(11-23-15(20)3-8-27,12-24-16(21)4-9-28)13-25-17(22)5-10-29/h5-16,23H,4,17-22H2,1-3H3;3-15H,1,16-21H2,2H3;5-17H2,1-4H3;26-29H,1-13H2. The third-order valence-electron chi connectivity index (χ3n) is 19.6. The molecule has 0 N–H and O–H groups in total. The van der Waals surface area contributed by atoms with Gasteiger partial charge in [-0.05, 0) is 175 Å². The van der Waals surface area contributed by atoms with Gasteiger partial charge in [-0.1, -0.05) is 69.0 Å². The van der Waals surface area contributed by atoms with Crippen LogP contribution in [0.3, 0.4) is 0 Å². The number of ketones is 2. The Morgan fingerprint density at radius 2 is 0.594 bits per heavy atom. The molecule has 38 heteroatoms. The lowest BCUT2D eigenvalue weighted by Crippen LogP contribution is -2.40. The van der Waals surface area contributed by atoms with Gasteiger partial charge >= 0.3 is 59.7 Å². The summed E-state index contributed by atoms with van der Waals surface area (Å²) >= 11 is 22.2. The van der Waals surface area contributed by atoms with Gasteiger partial charge < -0.3 is 85.3 Å². The van der Waals surface area contributed by atoms with Crippen LogP contribution in [0.5, 0.6) is 34.5 Å². The molecule has 0 saturated carbocycles. The maximum atomic E-state index is 12.5. The van der Waals surface area contributed by atoms with Crippen molar-refractivity contribution in [3.63, 3.8) is 0 Å². The summed E-state index contributed by atoms with van der Waals surface area (Å²) < 4.78 is 96.5. The molecule has 762 valence electrons. The van der Waals surface area contributed by atoms with Gasteiger partial charge in [-0.15, -0.1) is 0 Å². The van der Waals surface area contributed by atoms with E-state index >= 15 is 0 Å². The Hall–Kier alpha value is -9.06. The number of thiol groups is 4. The lowest BCUT2D eigenvalue weighted by molar-refractivity contribution is -0.165. The summed E-state index contributed by atoms with van der Waals surface area (Å²) in [6.07, 6.45) is 12.2. The van der Waals surface area contributed by atoms with Crippen molar-refractivity contribution < 1.29 is 143 Å². The molecule has 0 spiro atoms. The number of hydrogen-bond acceptors (Lipinski definition) is 38. The Morgan fingerprint density at radius 3 is 0.884 bits per heavy atom. The van der Waals surface area contributed by atoms with E-state index < -0.39 is 46.6 Å². The first-order valence-corrected chi connectivity index (χ1v) is 52.9. The van der Waals surface area contributed by atoms with Crippen molar-refractivity contribution in [3.05, 3.63) is 169 Å². The zero-order chi connectivity index (χ0) is 101. The highest BCUT2D eigenvalue weighted by atomic mass is 32.2. The van der Waals surface area contributed by atoms with E-state index in [9.17, 15) is 57.5 Å². The summed E-state index contributed by atoms with van der Waals surface area (Å²) in [6, 6.07) is 43.6. The van der Waals surface area contributed by atoms with Crippen molar-refractivity contribution in [2.75, 3.05) is 204 Å². The molecule has 0 amide bonds. The number of carbonyl (C=O) groups is 12. The van der Waals surface area contributed by atoms with Crippen LogP contribution in [-0.2, 0) is 105 Å². The Bertz CT molecular complexity index is 4280. The number of thioether (sulfide) groups is 4. The third-order valence-corrected chi connectivity index (χ3v) is 22.9. The highest BCUT2D eigenvalue weighted by Gasteiger charge is 2.38. The topological polar surface area (TPSA) is 371 Å². The molecule has 1 atom stereocenters. The van der Waals surface area contributed by atoms with Crippen LogP contribution in [-0.4, -0.2) is 275 Å². The summed E-state index contributed by atoms with van der Waals surface area (Å²) in [6.45, 7) is 10.5. The fourth-order valence-corrected chi connectivity index (χ4v) is 13.6. The fraction of sp³-hybridized carbons (Fsp3) is 0.500. The average molecular weight is 2070 g/mol. The maximum Gasteiger partial charge on any atom is 0.343 e. The predicted octanol–water partition coefficient (Wildman–Crippen LogP) is 16.5. The molecule has 6 aromatic rings. The molecule has 0 aliphatic carbocycles. The molecule has 6 aromatic carbocycles. The Morgan fingerprint density at radius 1 is 0.326 bits per heavy atom. The van der Waals surface area contributed by atoms with Gasteiger partial charge in [0.1, 0.15) is 112 Å². The van der Waals surface area contributed by atoms with Crippen molar-refractivity contribution in [1.82, 2.24) is 0 Å². The fourth-order valence-electron chi connectivity index (χ4n) is 11.3. The number of rotatable bonds is 69. The van der Waals surface area contributed by atoms with Crippen molar-refractivity contribution in [3.8, 4) is 56.8 Å². The van der Waals surface area contributed by atoms with Crippen LogP contribution in [0, 0.1) is 16.7 Å². The number of ether oxygens (including phenoxy) is 18. The minimum absolute atomic E-state index is 0.0329. The molecule has 0 heterocycles.